The Morgan fingerprint density at radius 3 is 2.50 bits per heavy atom. The summed E-state index contributed by atoms with van der Waals surface area (Å²) in [5.74, 6) is 1.01. The Balaban J connectivity index is 1.69. The van der Waals surface area contributed by atoms with E-state index < -0.39 is 0 Å². The third-order valence-corrected chi connectivity index (χ3v) is 7.17. The lowest BCUT2D eigenvalue weighted by Gasteiger charge is -2.46. The Morgan fingerprint density at radius 1 is 1.10 bits per heavy atom. The highest BCUT2D eigenvalue weighted by Crippen LogP contribution is 2.51. The highest BCUT2D eigenvalue weighted by molar-refractivity contribution is 9.10. The largest absolute Gasteiger partial charge is 0.365 e. The Hall–Kier alpha value is -2.11. The Bertz CT molecular complexity index is 1100. The molecule has 30 heavy (non-hydrogen) atoms. The van der Waals surface area contributed by atoms with E-state index in [1.165, 1.54) is 0 Å². The molecule has 3 atom stereocenters. The lowest BCUT2D eigenvalue weighted by atomic mass is 9.62. The predicted molar refractivity (Wildman–Crippen MR) is 124 cm³/mol. The number of hydrogen-bond acceptors (Lipinski definition) is 3. The van der Waals surface area contributed by atoms with Crippen LogP contribution in [0, 0.1) is 11.3 Å². The Kier molecular flexibility index (Phi) is 4.79. The number of hydrogen-bond donors (Lipinski definition) is 2. The summed E-state index contributed by atoms with van der Waals surface area (Å²) in [6.45, 7) is 4.35. The Morgan fingerprint density at radius 2 is 1.80 bits per heavy atom. The molecule has 1 aromatic heterocycles. The fraction of sp³-hybridized carbons (Fsp3) is 0.333. The first-order valence-corrected chi connectivity index (χ1v) is 11.4. The maximum absolute atomic E-state index is 13.4. The van der Waals surface area contributed by atoms with Gasteiger partial charge in [0, 0.05) is 44.9 Å². The van der Waals surface area contributed by atoms with Crippen molar-refractivity contribution in [2.75, 3.05) is 5.32 Å². The number of nitrogens with one attached hydrogen (secondary N) is 2. The van der Waals surface area contributed by atoms with Crippen LogP contribution in [0.4, 0.5) is 5.82 Å². The maximum Gasteiger partial charge on any atom is 0.152 e. The van der Waals surface area contributed by atoms with Crippen molar-refractivity contribution in [2.24, 2.45) is 11.3 Å². The average molecular weight is 485 g/mol. The van der Waals surface area contributed by atoms with E-state index in [0.717, 1.165) is 39.1 Å². The van der Waals surface area contributed by atoms with Gasteiger partial charge in [0.05, 0.1) is 5.69 Å². The number of rotatable bonds is 2. The third kappa shape index (κ3) is 3.38. The minimum Gasteiger partial charge on any atom is -0.365 e. The van der Waals surface area contributed by atoms with Gasteiger partial charge in [-0.2, -0.15) is 5.10 Å². The van der Waals surface area contributed by atoms with Crippen LogP contribution < -0.4 is 5.32 Å². The van der Waals surface area contributed by atoms with Crippen LogP contribution in [0.3, 0.4) is 0 Å². The van der Waals surface area contributed by atoms with Gasteiger partial charge in [-0.15, -0.1) is 0 Å². The SMILES string of the molecule is CC1(C)CC(=O)C2C(C1)Nc1n[nH]c(-c3ccc(Cl)cc3)c1C2c1ccc(Br)cc1. The van der Waals surface area contributed by atoms with Crippen molar-refractivity contribution in [3.05, 3.63) is 69.2 Å². The molecular formula is C24H23BrClN3O. The second-order valence-electron chi connectivity index (χ2n) is 9.19. The van der Waals surface area contributed by atoms with E-state index in [1.807, 2.05) is 36.4 Å². The average Bonchev–Trinajstić information content (AvgIpc) is 3.10. The normalized spacial score (nSPS) is 24.7. The first-order chi connectivity index (χ1) is 14.3. The maximum atomic E-state index is 13.4. The zero-order valence-electron chi connectivity index (χ0n) is 16.9. The molecule has 0 amide bonds. The summed E-state index contributed by atoms with van der Waals surface area (Å²) in [7, 11) is 0. The molecule has 5 rings (SSSR count). The van der Waals surface area contributed by atoms with Crippen LogP contribution in [0.1, 0.15) is 43.7 Å². The lowest BCUT2D eigenvalue weighted by molar-refractivity contribution is -0.128. The van der Waals surface area contributed by atoms with Gasteiger partial charge in [0.15, 0.2) is 5.82 Å². The van der Waals surface area contributed by atoms with Crippen LogP contribution in [0.2, 0.25) is 5.02 Å². The van der Waals surface area contributed by atoms with E-state index in [4.69, 9.17) is 11.6 Å². The molecule has 1 aliphatic heterocycles. The summed E-state index contributed by atoms with van der Waals surface area (Å²) in [6, 6.07) is 16.1. The molecule has 154 valence electrons. The van der Waals surface area contributed by atoms with Crippen molar-refractivity contribution >= 4 is 39.1 Å². The first-order valence-electron chi connectivity index (χ1n) is 10.2. The first kappa shape index (κ1) is 19.8. The quantitative estimate of drug-likeness (QED) is 0.441. The van der Waals surface area contributed by atoms with Gasteiger partial charge in [-0.3, -0.25) is 9.89 Å². The minimum atomic E-state index is -0.115. The predicted octanol–water partition coefficient (Wildman–Crippen LogP) is 6.42. The van der Waals surface area contributed by atoms with Gasteiger partial charge in [-0.1, -0.05) is 65.6 Å². The molecule has 6 heteroatoms. The number of carbonyl (C=O) groups excluding carboxylic acids is 1. The van der Waals surface area contributed by atoms with Gasteiger partial charge >= 0.3 is 0 Å². The Labute approximate surface area is 189 Å². The van der Waals surface area contributed by atoms with Crippen molar-refractivity contribution in [3.63, 3.8) is 0 Å². The second kappa shape index (κ2) is 7.24. The van der Waals surface area contributed by atoms with Crippen LogP contribution in [-0.4, -0.2) is 22.0 Å². The molecule has 1 aliphatic carbocycles. The van der Waals surface area contributed by atoms with E-state index in [1.54, 1.807) is 0 Å². The third-order valence-electron chi connectivity index (χ3n) is 6.39. The number of fused-ring (bicyclic) bond motifs is 2. The van der Waals surface area contributed by atoms with E-state index in [2.05, 4.69) is 57.4 Å². The van der Waals surface area contributed by atoms with Crippen LogP contribution in [0.25, 0.3) is 11.3 Å². The highest BCUT2D eigenvalue weighted by atomic mass is 79.9. The van der Waals surface area contributed by atoms with Gasteiger partial charge < -0.3 is 5.32 Å². The van der Waals surface area contributed by atoms with Gasteiger partial charge in [0.1, 0.15) is 5.78 Å². The van der Waals surface area contributed by atoms with E-state index in [9.17, 15) is 4.79 Å². The van der Waals surface area contributed by atoms with Crippen molar-refractivity contribution in [1.82, 2.24) is 10.2 Å². The monoisotopic (exact) mass is 483 g/mol. The van der Waals surface area contributed by atoms with E-state index >= 15 is 0 Å². The molecule has 2 N–H and O–H groups in total. The van der Waals surface area contributed by atoms with Crippen LogP contribution in [0.15, 0.2) is 53.0 Å². The number of nitrogens with zero attached hydrogens (tertiary/aromatic N) is 1. The summed E-state index contributed by atoms with van der Waals surface area (Å²) in [4.78, 5) is 13.4. The number of Topliss-reactive ketones (excluding diaryl/α,β-unsaturated/α-hetero) is 1. The molecule has 2 heterocycles. The van der Waals surface area contributed by atoms with Gasteiger partial charge in [-0.25, -0.2) is 0 Å². The standard InChI is InChI=1S/C24H23BrClN3O/c1-24(2)11-17-20(18(30)12-24)19(13-3-7-15(25)8-4-13)21-22(28-29-23(21)27-17)14-5-9-16(26)10-6-14/h3-10,17,19-20H,11-12H2,1-2H3,(H2,27,28,29). The number of carbonyl (C=O) groups is 1. The van der Waals surface area contributed by atoms with Crippen LogP contribution >= 0.6 is 27.5 Å². The number of aromatic nitrogens is 2. The topological polar surface area (TPSA) is 57.8 Å². The van der Waals surface area contributed by atoms with Gasteiger partial charge in [-0.05, 0) is 41.7 Å². The molecule has 2 aromatic carbocycles. The van der Waals surface area contributed by atoms with Crippen LogP contribution in [0.5, 0.6) is 0 Å². The molecule has 0 saturated heterocycles. The fourth-order valence-corrected chi connectivity index (χ4v) is 5.56. The molecule has 0 bridgehead atoms. The molecule has 0 spiro atoms. The fourth-order valence-electron chi connectivity index (χ4n) is 5.17. The summed E-state index contributed by atoms with van der Waals surface area (Å²) in [6.07, 6.45) is 1.55. The molecule has 1 saturated carbocycles. The number of aromatic amines is 1. The molecule has 4 nitrogen and oxygen atoms in total. The van der Waals surface area contributed by atoms with Crippen molar-refractivity contribution in [2.45, 2.75) is 38.6 Å². The summed E-state index contributed by atoms with van der Waals surface area (Å²) < 4.78 is 1.03. The number of anilines is 1. The van der Waals surface area contributed by atoms with Crippen molar-refractivity contribution in [3.8, 4) is 11.3 Å². The number of benzene rings is 2. The number of H-pyrrole nitrogens is 1. The molecule has 0 radical (unpaired) electrons. The zero-order valence-corrected chi connectivity index (χ0v) is 19.2. The zero-order chi connectivity index (χ0) is 21.0. The second-order valence-corrected chi connectivity index (χ2v) is 10.5. The van der Waals surface area contributed by atoms with Crippen molar-refractivity contribution < 1.29 is 4.79 Å². The number of ketones is 1. The number of halogens is 2. The summed E-state index contributed by atoms with van der Waals surface area (Å²) in [5.41, 5.74) is 4.15. The van der Waals surface area contributed by atoms with E-state index in [-0.39, 0.29) is 23.3 Å². The van der Waals surface area contributed by atoms with Crippen LogP contribution in [-0.2, 0) is 4.79 Å². The molecule has 3 aromatic rings. The van der Waals surface area contributed by atoms with Gasteiger partial charge in [0.25, 0.3) is 0 Å². The van der Waals surface area contributed by atoms with E-state index in [0.29, 0.717) is 17.2 Å². The molecule has 1 fully saturated rings. The van der Waals surface area contributed by atoms with Crippen molar-refractivity contribution in [1.29, 1.82) is 0 Å². The summed E-state index contributed by atoms with van der Waals surface area (Å²) >= 11 is 9.64. The molecule has 3 unspecified atom stereocenters. The lowest BCUT2D eigenvalue weighted by Crippen LogP contribution is -2.50. The molecule has 2 aliphatic rings. The molecular weight excluding hydrogens is 462 g/mol. The smallest absolute Gasteiger partial charge is 0.152 e. The summed E-state index contributed by atoms with van der Waals surface area (Å²) in [5, 5.41) is 12.1. The highest BCUT2D eigenvalue weighted by Gasteiger charge is 2.49. The van der Waals surface area contributed by atoms with Gasteiger partial charge in [0.2, 0.25) is 0 Å². The minimum absolute atomic E-state index is 0.0116.